The van der Waals surface area contributed by atoms with Crippen LogP contribution in [-0.4, -0.2) is 27.1 Å². The van der Waals surface area contributed by atoms with Gasteiger partial charge in [-0.3, -0.25) is 10.1 Å². The molecule has 1 aromatic heterocycles. The molecule has 0 saturated carbocycles. The molecule has 104 valence electrons. The molecule has 0 aliphatic carbocycles. The Morgan fingerprint density at radius 1 is 1.20 bits per heavy atom. The van der Waals surface area contributed by atoms with Gasteiger partial charge in [0.25, 0.3) is 0 Å². The highest BCUT2D eigenvalue weighted by atomic mass is 16.2. The molecule has 0 unspecified atom stereocenters. The van der Waals surface area contributed by atoms with Crippen LogP contribution in [0.2, 0.25) is 0 Å². The van der Waals surface area contributed by atoms with Crippen LogP contribution < -0.4 is 11.1 Å². The molecule has 2 aromatic rings. The maximum Gasteiger partial charge on any atom is 0.249 e. The monoisotopic (exact) mass is 271 g/mol. The van der Waals surface area contributed by atoms with Gasteiger partial charge in [-0.2, -0.15) is 5.10 Å². The number of amides is 1. The Bertz CT molecular complexity index is 600. The zero-order chi connectivity index (χ0) is 14.5. The summed E-state index contributed by atoms with van der Waals surface area (Å²) in [6.07, 6.45) is 0.463. The van der Waals surface area contributed by atoms with E-state index in [0.29, 0.717) is 6.42 Å². The van der Waals surface area contributed by atoms with E-state index in [-0.39, 0.29) is 11.9 Å². The first kappa shape index (κ1) is 14.1. The molecule has 2 rings (SSSR count). The van der Waals surface area contributed by atoms with Gasteiger partial charge in [0.15, 0.2) is 0 Å². The second-order valence-corrected chi connectivity index (χ2v) is 4.59. The lowest BCUT2D eigenvalue weighted by atomic mass is 10.1. The average Bonchev–Trinajstić information content (AvgIpc) is 2.44. The molecule has 0 aliphatic rings. The third-order valence-corrected chi connectivity index (χ3v) is 2.96. The highest BCUT2D eigenvalue weighted by Crippen LogP contribution is 2.05. The maximum atomic E-state index is 12.0. The number of rotatable bonds is 4. The summed E-state index contributed by atoms with van der Waals surface area (Å²) in [5.41, 5.74) is 8.35. The van der Waals surface area contributed by atoms with Gasteiger partial charge in [0.05, 0.1) is 17.4 Å². The number of nitrogens with two attached hydrogens (primary N) is 1. The molecule has 0 bridgehead atoms. The normalized spacial score (nSPS) is 11.9. The van der Waals surface area contributed by atoms with Crippen LogP contribution in [0.25, 0.3) is 0 Å². The maximum absolute atomic E-state index is 12.0. The lowest BCUT2D eigenvalue weighted by Crippen LogP contribution is -2.38. The van der Waals surface area contributed by atoms with Crippen LogP contribution in [0.3, 0.4) is 0 Å². The predicted molar refractivity (Wildman–Crippen MR) is 76.1 cm³/mol. The van der Waals surface area contributed by atoms with Crippen molar-refractivity contribution in [1.82, 2.24) is 15.2 Å². The number of carbonyl (C=O) groups excluding carboxylic acids is 1. The number of nitrogens with one attached hydrogen (secondary N) is 1. The van der Waals surface area contributed by atoms with Crippen LogP contribution in [0.1, 0.15) is 17.0 Å². The summed E-state index contributed by atoms with van der Waals surface area (Å²) in [4.78, 5) is 16.1. The van der Waals surface area contributed by atoms with Crippen molar-refractivity contribution in [2.24, 2.45) is 5.73 Å². The van der Waals surface area contributed by atoms with Crippen LogP contribution in [0.5, 0.6) is 0 Å². The summed E-state index contributed by atoms with van der Waals surface area (Å²) in [7, 11) is 0. The molecule has 1 atom stereocenters. The van der Waals surface area contributed by atoms with E-state index in [0.717, 1.165) is 17.0 Å². The van der Waals surface area contributed by atoms with Gasteiger partial charge in [-0.05, 0) is 25.8 Å². The second kappa shape index (κ2) is 6.21. The first-order valence-electron chi connectivity index (χ1n) is 6.34. The predicted octanol–water partition coefficient (Wildman–Crippen LogP) is 0.997. The molecular weight excluding hydrogens is 254 g/mol. The SMILES string of the molecule is Cc1nnc(NC(=O)[C@@H](N)Cc2ccccc2)nc1C. The Hall–Kier alpha value is -2.34. The number of aryl methyl sites for hydroxylation is 2. The molecule has 0 fully saturated rings. The van der Waals surface area contributed by atoms with Crippen molar-refractivity contribution in [1.29, 1.82) is 0 Å². The standard InChI is InChI=1S/C14H17N5O/c1-9-10(2)18-19-14(16-9)17-13(20)12(15)8-11-6-4-3-5-7-11/h3-7,12H,8,15H2,1-2H3,(H,16,17,19,20)/t12-/m0/s1. The fraction of sp³-hybridized carbons (Fsp3) is 0.286. The smallest absolute Gasteiger partial charge is 0.249 e. The van der Waals surface area contributed by atoms with Gasteiger partial charge in [-0.1, -0.05) is 30.3 Å². The molecule has 1 heterocycles. The third-order valence-electron chi connectivity index (χ3n) is 2.96. The van der Waals surface area contributed by atoms with E-state index in [9.17, 15) is 4.79 Å². The fourth-order valence-electron chi connectivity index (χ4n) is 1.67. The number of hydrogen-bond acceptors (Lipinski definition) is 5. The number of benzene rings is 1. The summed E-state index contributed by atoms with van der Waals surface area (Å²) in [5.74, 6) is -0.138. The highest BCUT2D eigenvalue weighted by molar-refractivity contribution is 5.93. The van der Waals surface area contributed by atoms with Crippen molar-refractivity contribution in [3.05, 3.63) is 47.3 Å². The van der Waals surface area contributed by atoms with Crippen LogP contribution >= 0.6 is 0 Å². The van der Waals surface area contributed by atoms with Gasteiger partial charge in [-0.25, -0.2) is 4.98 Å². The summed E-state index contributed by atoms with van der Waals surface area (Å²) in [5, 5.41) is 10.3. The molecule has 0 aliphatic heterocycles. The van der Waals surface area contributed by atoms with Crippen molar-refractivity contribution < 1.29 is 4.79 Å². The average molecular weight is 271 g/mol. The summed E-state index contributed by atoms with van der Waals surface area (Å²) >= 11 is 0. The van der Waals surface area contributed by atoms with Crippen LogP contribution in [0.4, 0.5) is 5.95 Å². The Labute approximate surface area is 117 Å². The molecular formula is C14H17N5O. The van der Waals surface area contributed by atoms with Gasteiger partial charge < -0.3 is 5.73 Å². The van der Waals surface area contributed by atoms with Crippen molar-refractivity contribution in [3.63, 3.8) is 0 Å². The number of aromatic nitrogens is 3. The molecule has 3 N–H and O–H groups in total. The van der Waals surface area contributed by atoms with Gasteiger partial charge in [0.2, 0.25) is 11.9 Å². The van der Waals surface area contributed by atoms with E-state index in [1.807, 2.05) is 44.2 Å². The summed E-state index contributed by atoms with van der Waals surface area (Å²) < 4.78 is 0. The number of nitrogens with zero attached hydrogens (tertiary/aromatic N) is 3. The van der Waals surface area contributed by atoms with E-state index < -0.39 is 6.04 Å². The first-order chi connectivity index (χ1) is 9.56. The Morgan fingerprint density at radius 2 is 1.90 bits per heavy atom. The van der Waals surface area contributed by atoms with E-state index in [2.05, 4.69) is 20.5 Å². The van der Waals surface area contributed by atoms with E-state index in [4.69, 9.17) is 5.73 Å². The van der Waals surface area contributed by atoms with Crippen LogP contribution in [0, 0.1) is 13.8 Å². The van der Waals surface area contributed by atoms with E-state index in [1.165, 1.54) is 0 Å². The first-order valence-corrected chi connectivity index (χ1v) is 6.34. The third kappa shape index (κ3) is 3.58. The van der Waals surface area contributed by atoms with Crippen LogP contribution in [0.15, 0.2) is 30.3 Å². The Morgan fingerprint density at radius 3 is 2.55 bits per heavy atom. The van der Waals surface area contributed by atoms with Gasteiger partial charge >= 0.3 is 0 Å². The van der Waals surface area contributed by atoms with E-state index >= 15 is 0 Å². The lowest BCUT2D eigenvalue weighted by molar-refractivity contribution is -0.117. The molecule has 6 nitrogen and oxygen atoms in total. The molecule has 6 heteroatoms. The largest absolute Gasteiger partial charge is 0.320 e. The number of anilines is 1. The summed E-state index contributed by atoms with van der Waals surface area (Å²) in [6.45, 7) is 3.62. The van der Waals surface area contributed by atoms with Crippen molar-refractivity contribution in [3.8, 4) is 0 Å². The molecule has 0 saturated heterocycles. The minimum atomic E-state index is -0.650. The second-order valence-electron chi connectivity index (χ2n) is 4.59. The van der Waals surface area contributed by atoms with E-state index in [1.54, 1.807) is 0 Å². The molecule has 1 amide bonds. The Kier molecular flexibility index (Phi) is 4.37. The lowest BCUT2D eigenvalue weighted by Gasteiger charge is -2.11. The fourth-order valence-corrected chi connectivity index (χ4v) is 1.67. The number of hydrogen-bond donors (Lipinski definition) is 2. The minimum Gasteiger partial charge on any atom is -0.320 e. The van der Waals surface area contributed by atoms with Gasteiger partial charge in [0, 0.05) is 0 Å². The molecule has 0 radical (unpaired) electrons. The molecule has 0 spiro atoms. The zero-order valence-electron chi connectivity index (χ0n) is 11.5. The minimum absolute atomic E-state index is 0.182. The van der Waals surface area contributed by atoms with Crippen molar-refractivity contribution in [2.45, 2.75) is 26.3 Å². The van der Waals surface area contributed by atoms with Gasteiger partial charge in [-0.15, -0.1) is 5.10 Å². The molecule has 1 aromatic carbocycles. The van der Waals surface area contributed by atoms with Crippen LogP contribution in [-0.2, 0) is 11.2 Å². The quantitative estimate of drug-likeness (QED) is 0.865. The topological polar surface area (TPSA) is 93.8 Å². The van der Waals surface area contributed by atoms with Crippen molar-refractivity contribution in [2.75, 3.05) is 5.32 Å². The number of carbonyl (C=O) groups is 1. The Balaban J connectivity index is 1.99. The zero-order valence-corrected chi connectivity index (χ0v) is 11.5. The van der Waals surface area contributed by atoms with Gasteiger partial charge in [0.1, 0.15) is 0 Å². The highest BCUT2D eigenvalue weighted by Gasteiger charge is 2.15. The molecule has 20 heavy (non-hydrogen) atoms. The summed E-state index contributed by atoms with van der Waals surface area (Å²) in [6, 6.07) is 8.96. The van der Waals surface area contributed by atoms with Crippen molar-refractivity contribution >= 4 is 11.9 Å².